The molecule has 3 aromatic rings. The number of benzene rings is 1. The van der Waals surface area contributed by atoms with Gasteiger partial charge in [0.05, 0.1) is 28.7 Å². The van der Waals surface area contributed by atoms with Crippen molar-refractivity contribution in [3.63, 3.8) is 0 Å². The topological polar surface area (TPSA) is 72.7 Å². The van der Waals surface area contributed by atoms with Crippen LogP contribution in [-0.4, -0.2) is 68.3 Å². The maximum Gasteiger partial charge on any atom is 0.264 e. The predicted octanol–water partition coefficient (Wildman–Crippen LogP) is 3.87. The van der Waals surface area contributed by atoms with Crippen LogP contribution < -0.4 is 9.80 Å². The summed E-state index contributed by atoms with van der Waals surface area (Å²) >= 11 is 1.58. The Labute approximate surface area is 203 Å². The second-order valence-corrected chi connectivity index (χ2v) is 9.44. The van der Waals surface area contributed by atoms with Gasteiger partial charge in [-0.1, -0.05) is 30.3 Å². The highest BCUT2D eigenvalue weighted by molar-refractivity contribution is 7.18. The SMILES string of the molecule is N#Cc1cccnc1N1CCCN(C(=O)c2cc(-c3ccccc3)c(N3CCOCC3)s2)CC1. The van der Waals surface area contributed by atoms with Crippen molar-refractivity contribution in [1.29, 1.82) is 5.26 Å². The van der Waals surface area contributed by atoms with Crippen LogP contribution in [0, 0.1) is 11.3 Å². The molecule has 1 amide bonds. The van der Waals surface area contributed by atoms with Gasteiger partial charge in [0.2, 0.25) is 0 Å². The monoisotopic (exact) mass is 473 g/mol. The molecule has 4 heterocycles. The number of anilines is 2. The van der Waals surface area contributed by atoms with Crippen molar-refractivity contribution >= 4 is 28.1 Å². The molecule has 34 heavy (non-hydrogen) atoms. The number of hydrogen-bond donors (Lipinski definition) is 0. The fourth-order valence-corrected chi connectivity index (χ4v) is 5.74. The first-order valence-electron chi connectivity index (χ1n) is 11.7. The van der Waals surface area contributed by atoms with Gasteiger partial charge in [-0.05, 0) is 30.2 Å². The fraction of sp³-hybridized carbons (Fsp3) is 0.346. The van der Waals surface area contributed by atoms with Crippen LogP contribution in [-0.2, 0) is 4.74 Å². The maximum absolute atomic E-state index is 13.6. The molecule has 0 saturated carbocycles. The fourth-order valence-electron chi connectivity index (χ4n) is 4.54. The number of rotatable bonds is 4. The predicted molar refractivity (Wildman–Crippen MR) is 134 cm³/mol. The van der Waals surface area contributed by atoms with E-state index >= 15 is 0 Å². The highest BCUT2D eigenvalue weighted by Crippen LogP contribution is 2.40. The molecule has 0 radical (unpaired) electrons. The molecule has 2 saturated heterocycles. The summed E-state index contributed by atoms with van der Waals surface area (Å²) in [7, 11) is 0. The summed E-state index contributed by atoms with van der Waals surface area (Å²) < 4.78 is 5.55. The largest absolute Gasteiger partial charge is 0.378 e. The van der Waals surface area contributed by atoms with Crippen LogP contribution in [0.3, 0.4) is 0 Å². The van der Waals surface area contributed by atoms with Crippen molar-refractivity contribution in [3.05, 3.63) is 65.2 Å². The van der Waals surface area contributed by atoms with Gasteiger partial charge in [-0.3, -0.25) is 4.79 Å². The number of aromatic nitrogens is 1. The molecule has 174 valence electrons. The van der Waals surface area contributed by atoms with Crippen LogP contribution in [0.25, 0.3) is 11.1 Å². The first-order chi connectivity index (χ1) is 16.7. The van der Waals surface area contributed by atoms with E-state index < -0.39 is 0 Å². The number of amides is 1. The minimum absolute atomic E-state index is 0.0741. The number of nitrogens with zero attached hydrogens (tertiary/aromatic N) is 5. The third kappa shape index (κ3) is 4.63. The van der Waals surface area contributed by atoms with Gasteiger partial charge in [-0.2, -0.15) is 5.26 Å². The Morgan fingerprint density at radius 2 is 1.79 bits per heavy atom. The van der Waals surface area contributed by atoms with E-state index in [1.807, 2.05) is 23.1 Å². The molecule has 2 fully saturated rings. The van der Waals surface area contributed by atoms with Crippen LogP contribution in [0.2, 0.25) is 0 Å². The van der Waals surface area contributed by atoms with E-state index in [4.69, 9.17) is 4.74 Å². The van der Waals surface area contributed by atoms with Crippen LogP contribution in [0.4, 0.5) is 10.8 Å². The average Bonchev–Trinajstić information content (AvgIpc) is 3.21. The lowest BCUT2D eigenvalue weighted by molar-refractivity contribution is 0.0772. The van der Waals surface area contributed by atoms with E-state index in [-0.39, 0.29) is 5.91 Å². The minimum Gasteiger partial charge on any atom is -0.378 e. The molecular formula is C26H27N5O2S. The van der Waals surface area contributed by atoms with E-state index in [0.29, 0.717) is 44.2 Å². The molecule has 2 aromatic heterocycles. The van der Waals surface area contributed by atoms with Gasteiger partial charge >= 0.3 is 0 Å². The standard InChI is InChI=1S/C26H27N5O2S/c27-19-21-8-4-9-28-24(21)29-10-5-11-30(13-12-29)25(32)23-18-22(20-6-2-1-3-7-20)26(34-23)31-14-16-33-17-15-31/h1-4,6-9,18H,5,10-17H2. The maximum atomic E-state index is 13.6. The summed E-state index contributed by atoms with van der Waals surface area (Å²) in [6.07, 6.45) is 2.55. The lowest BCUT2D eigenvalue weighted by atomic mass is 10.1. The van der Waals surface area contributed by atoms with E-state index in [1.165, 1.54) is 0 Å². The number of carbonyl (C=O) groups is 1. The lowest BCUT2D eigenvalue weighted by Crippen LogP contribution is -2.36. The van der Waals surface area contributed by atoms with Gasteiger partial charge in [-0.25, -0.2) is 4.98 Å². The molecule has 0 atom stereocenters. The Hall–Kier alpha value is -3.41. The van der Waals surface area contributed by atoms with Crippen molar-refractivity contribution in [2.75, 3.05) is 62.3 Å². The zero-order valence-electron chi connectivity index (χ0n) is 19.0. The lowest BCUT2D eigenvalue weighted by Gasteiger charge is -2.28. The quantitative estimate of drug-likeness (QED) is 0.573. The zero-order chi connectivity index (χ0) is 23.3. The summed E-state index contributed by atoms with van der Waals surface area (Å²) in [5.41, 5.74) is 2.81. The zero-order valence-corrected chi connectivity index (χ0v) is 19.8. The molecule has 7 nitrogen and oxygen atoms in total. The van der Waals surface area contributed by atoms with E-state index in [2.05, 4.69) is 39.1 Å². The molecule has 5 rings (SSSR count). The number of hydrogen-bond acceptors (Lipinski definition) is 7. The highest BCUT2D eigenvalue weighted by atomic mass is 32.1. The Morgan fingerprint density at radius 1 is 0.971 bits per heavy atom. The van der Waals surface area contributed by atoms with E-state index in [0.717, 1.165) is 47.1 Å². The first-order valence-corrected chi connectivity index (χ1v) is 12.5. The van der Waals surface area contributed by atoms with E-state index in [1.54, 1.807) is 29.7 Å². The van der Waals surface area contributed by atoms with Gasteiger partial charge in [-0.15, -0.1) is 11.3 Å². The number of thiophene rings is 1. The molecule has 1 aromatic carbocycles. The summed E-state index contributed by atoms with van der Waals surface area (Å²) in [6, 6.07) is 18.1. The smallest absolute Gasteiger partial charge is 0.264 e. The molecule has 0 spiro atoms. The van der Waals surface area contributed by atoms with Crippen molar-refractivity contribution < 1.29 is 9.53 Å². The summed E-state index contributed by atoms with van der Waals surface area (Å²) in [6.45, 7) is 5.79. The first kappa shape index (κ1) is 22.4. The third-order valence-electron chi connectivity index (χ3n) is 6.30. The molecule has 0 N–H and O–H groups in total. The molecule has 8 heteroatoms. The molecule has 0 unspecified atom stereocenters. The number of ether oxygens (including phenoxy) is 1. The Kier molecular flexibility index (Phi) is 6.74. The molecule has 2 aliphatic heterocycles. The number of pyridine rings is 1. The number of nitriles is 1. The average molecular weight is 474 g/mol. The summed E-state index contributed by atoms with van der Waals surface area (Å²) in [4.78, 5) is 25.2. The molecular weight excluding hydrogens is 446 g/mol. The number of morpholine rings is 1. The van der Waals surface area contributed by atoms with Crippen LogP contribution >= 0.6 is 11.3 Å². The molecule has 0 aliphatic carbocycles. The van der Waals surface area contributed by atoms with Gasteiger partial charge < -0.3 is 19.4 Å². The van der Waals surface area contributed by atoms with Crippen molar-refractivity contribution in [3.8, 4) is 17.2 Å². The Morgan fingerprint density at radius 3 is 2.59 bits per heavy atom. The third-order valence-corrected chi connectivity index (χ3v) is 7.48. The second-order valence-electron chi connectivity index (χ2n) is 8.41. The molecule has 2 aliphatic rings. The van der Waals surface area contributed by atoms with E-state index in [9.17, 15) is 10.1 Å². The Bertz CT molecular complexity index is 1180. The van der Waals surface area contributed by atoms with Crippen LogP contribution in [0.1, 0.15) is 21.7 Å². The van der Waals surface area contributed by atoms with Gasteiger partial charge in [0.1, 0.15) is 11.9 Å². The summed E-state index contributed by atoms with van der Waals surface area (Å²) in [5.74, 6) is 0.779. The second kappa shape index (κ2) is 10.2. The van der Waals surface area contributed by atoms with Crippen LogP contribution in [0.15, 0.2) is 54.7 Å². The normalized spacial score (nSPS) is 16.7. The number of carbonyl (C=O) groups excluding carboxylic acids is 1. The highest BCUT2D eigenvalue weighted by Gasteiger charge is 2.26. The van der Waals surface area contributed by atoms with Crippen molar-refractivity contribution in [1.82, 2.24) is 9.88 Å². The van der Waals surface area contributed by atoms with Gasteiger partial charge in [0.15, 0.2) is 0 Å². The van der Waals surface area contributed by atoms with Crippen molar-refractivity contribution in [2.45, 2.75) is 6.42 Å². The van der Waals surface area contributed by atoms with Crippen LogP contribution in [0.5, 0.6) is 0 Å². The summed E-state index contributed by atoms with van der Waals surface area (Å²) in [5, 5.41) is 10.6. The minimum atomic E-state index is 0.0741. The van der Waals surface area contributed by atoms with Gasteiger partial charge in [0.25, 0.3) is 5.91 Å². The van der Waals surface area contributed by atoms with Gasteiger partial charge in [0, 0.05) is 51.0 Å². The van der Waals surface area contributed by atoms with Crippen molar-refractivity contribution in [2.24, 2.45) is 0 Å². The Balaban J connectivity index is 1.38. The molecule has 0 bridgehead atoms.